The van der Waals surface area contributed by atoms with Crippen LogP contribution in [0, 0.1) is 6.92 Å². The van der Waals surface area contributed by atoms with Gasteiger partial charge in [0, 0.05) is 35.1 Å². The van der Waals surface area contributed by atoms with Gasteiger partial charge in [0.15, 0.2) is 11.5 Å². The normalized spacial score (nSPS) is 10.4. The molecule has 0 aliphatic rings. The summed E-state index contributed by atoms with van der Waals surface area (Å²) in [6.07, 6.45) is 0. The molecule has 162 valence electrons. The highest BCUT2D eigenvalue weighted by atomic mass is 16.5. The van der Waals surface area contributed by atoms with Gasteiger partial charge in [-0.3, -0.25) is 9.59 Å². The third kappa shape index (κ3) is 5.79. The fraction of sp³-hybridized carbons (Fsp3) is 0.364. The first-order valence-corrected chi connectivity index (χ1v) is 9.54. The van der Waals surface area contributed by atoms with Gasteiger partial charge in [0.2, 0.25) is 11.7 Å². The summed E-state index contributed by atoms with van der Waals surface area (Å²) in [5, 5.41) is 8.75. The summed E-state index contributed by atoms with van der Waals surface area (Å²) >= 11 is 0. The van der Waals surface area contributed by atoms with Gasteiger partial charge >= 0.3 is 0 Å². The summed E-state index contributed by atoms with van der Waals surface area (Å²) in [5.74, 6) is 0.982. The number of aryl methyl sites for hydroxylation is 1. The zero-order valence-corrected chi connectivity index (χ0v) is 18.2. The minimum atomic E-state index is -0.245. The average molecular weight is 415 g/mol. The molecule has 0 aliphatic heterocycles. The van der Waals surface area contributed by atoms with Crippen molar-refractivity contribution in [2.45, 2.75) is 26.8 Å². The maximum Gasteiger partial charge on any atom is 0.251 e. The number of hydrogen-bond acceptors (Lipinski definition) is 6. The molecule has 3 N–H and O–H groups in total. The van der Waals surface area contributed by atoms with E-state index in [-0.39, 0.29) is 24.4 Å². The Hall–Kier alpha value is -3.42. The van der Waals surface area contributed by atoms with Crippen LogP contribution in [0.1, 0.15) is 29.8 Å². The number of anilines is 2. The first-order valence-electron chi connectivity index (χ1n) is 9.54. The summed E-state index contributed by atoms with van der Waals surface area (Å²) in [6, 6.07) is 8.69. The highest BCUT2D eigenvalue weighted by Crippen LogP contribution is 2.39. The Balaban J connectivity index is 2.03. The molecule has 0 aromatic heterocycles. The summed E-state index contributed by atoms with van der Waals surface area (Å²) in [7, 11) is 4.54. The Morgan fingerprint density at radius 1 is 0.967 bits per heavy atom. The number of rotatable bonds is 9. The number of methoxy groups -OCH3 is 3. The standard InChI is InChI=1S/C22H29N3O5/c1-13(2)24-22(27)15-7-8-17(14(3)9-15)23-12-20(26)25-16-10-18(28-4)21(30-6)19(11-16)29-5/h7-11,13,23H,12H2,1-6H3,(H,24,27)(H,25,26). The zero-order valence-electron chi connectivity index (χ0n) is 18.2. The van der Waals surface area contributed by atoms with Crippen molar-refractivity contribution in [2.24, 2.45) is 0 Å². The molecule has 2 aromatic carbocycles. The molecule has 0 fully saturated rings. The summed E-state index contributed by atoms with van der Waals surface area (Å²) < 4.78 is 15.9. The summed E-state index contributed by atoms with van der Waals surface area (Å²) in [5.41, 5.74) is 2.74. The lowest BCUT2D eigenvalue weighted by Gasteiger charge is -2.15. The van der Waals surface area contributed by atoms with E-state index >= 15 is 0 Å². The SMILES string of the molecule is COc1cc(NC(=O)CNc2ccc(C(=O)NC(C)C)cc2C)cc(OC)c1OC. The number of hydrogen-bond donors (Lipinski definition) is 3. The lowest BCUT2D eigenvalue weighted by molar-refractivity contribution is -0.114. The van der Waals surface area contributed by atoms with Crippen molar-refractivity contribution in [2.75, 3.05) is 38.5 Å². The Bertz CT molecular complexity index is 887. The van der Waals surface area contributed by atoms with Gasteiger partial charge in [-0.05, 0) is 44.5 Å². The quantitative estimate of drug-likeness (QED) is 0.582. The van der Waals surface area contributed by atoms with Crippen LogP contribution in [-0.4, -0.2) is 45.7 Å². The molecule has 8 heteroatoms. The predicted molar refractivity (Wildman–Crippen MR) is 117 cm³/mol. The molecule has 0 bridgehead atoms. The Morgan fingerprint density at radius 3 is 2.10 bits per heavy atom. The van der Waals surface area contributed by atoms with Crippen LogP contribution in [0.3, 0.4) is 0 Å². The van der Waals surface area contributed by atoms with Crippen LogP contribution in [0.15, 0.2) is 30.3 Å². The summed E-state index contributed by atoms with van der Waals surface area (Å²) in [4.78, 5) is 24.5. The third-order valence-electron chi connectivity index (χ3n) is 4.30. The molecule has 0 atom stereocenters. The Labute approximate surface area is 176 Å². The van der Waals surface area contributed by atoms with Crippen LogP contribution in [0.5, 0.6) is 17.2 Å². The van der Waals surface area contributed by atoms with Crippen LogP contribution >= 0.6 is 0 Å². The van der Waals surface area contributed by atoms with Crippen LogP contribution in [0.2, 0.25) is 0 Å². The second-order valence-corrected chi connectivity index (χ2v) is 6.97. The fourth-order valence-corrected chi connectivity index (χ4v) is 2.88. The molecule has 2 rings (SSSR count). The lowest BCUT2D eigenvalue weighted by atomic mass is 10.1. The Kier molecular flexibility index (Phi) is 7.91. The van der Waals surface area contributed by atoms with Crippen molar-refractivity contribution < 1.29 is 23.8 Å². The maximum atomic E-state index is 12.4. The molecule has 30 heavy (non-hydrogen) atoms. The second-order valence-electron chi connectivity index (χ2n) is 6.97. The molecule has 2 amide bonds. The summed E-state index contributed by atoms with van der Waals surface area (Å²) in [6.45, 7) is 5.75. The highest BCUT2D eigenvalue weighted by molar-refractivity contribution is 5.96. The van der Waals surface area contributed by atoms with E-state index < -0.39 is 0 Å². The average Bonchev–Trinajstić information content (AvgIpc) is 2.71. The topological polar surface area (TPSA) is 97.9 Å². The van der Waals surface area contributed by atoms with Gasteiger partial charge in [0.25, 0.3) is 5.91 Å². The van der Waals surface area contributed by atoms with E-state index in [9.17, 15) is 9.59 Å². The fourth-order valence-electron chi connectivity index (χ4n) is 2.88. The van der Waals surface area contributed by atoms with E-state index in [1.54, 1.807) is 30.3 Å². The van der Waals surface area contributed by atoms with Crippen LogP contribution in [0.25, 0.3) is 0 Å². The van der Waals surface area contributed by atoms with Gasteiger partial charge in [-0.1, -0.05) is 0 Å². The lowest BCUT2D eigenvalue weighted by Crippen LogP contribution is -2.30. The van der Waals surface area contributed by atoms with Crippen molar-refractivity contribution >= 4 is 23.2 Å². The van der Waals surface area contributed by atoms with E-state index in [0.717, 1.165) is 11.3 Å². The third-order valence-corrected chi connectivity index (χ3v) is 4.30. The number of nitrogens with one attached hydrogen (secondary N) is 3. The largest absolute Gasteiger partial charge is 0.493 e. The minimum absolute atomic E-state index is 0.0506. The molecule has 0 heterocycles. The maximum absolute atomic E-state index is 12.4. The van der Waals surface area contributed by atoms with Gasteiger partial charge in [0.1, 0.15) is 0 Å². The van der Waals surface area contributed by atoms with E-state index in [1.807, 2.05) is 20.8 Å². The predicted octanol–water partition coefficient (Wildman–Crippen LogP) is 3.21. The van der Waals surface area contributed by atoms with Crippen molar-refractivity contribution in [1.82, 2.24) is 5.32 Å². The van der Waals surface area contributed by atoms with Crippen molar-refractivity contribution in [3.05, 3.63) is 41.5 Å². The van der Waals surface area contributed by atoms with Gasteiger partial charge in [0.05, 0.1) is 27.9 Å². The number of benzene rings is 2. The number of amides is 2. The van der Waals surface area contributed by atoms with Crippen LogP contribution < -0.4 is 30.2 Å². The molecule has 0 unspecified atom stereocenters. The minimum Gasteiger partial charge on any atom is -0.493 e. The molecule has 2 aromatic rings. The van der Waals surface area contributed by atoms with Crippen molar-refractivity contribution in [1.29, 1.82) is 0 Å². The molecule has 0 radical (unpaired) electrons. The molecule has 0 spiro atoms. The van der Waals surface area contributed by atoms with E-state index in [4.69, 9.17) is 14.2 Å². The van der Waals surface area contributed by atoms with E-state index in [0.29, 0.717) is 28.5 Å². The van der Waals surface area contributed by atoms with Gasteiger partial charge in [-0.2, -0.15) is 0 Å². The van der Waals surface area contributed by atoms with E-state index in [1.165, 1.54) is 21.3 Å². The number of carbonyl (C=O) groups is 2. The Morgan fingerprint density at radius 2 is 1.60 bits per heavy atom. The van der Waals surface area contributed by atoms with Crippen LogP contribution in [0.4, 0.5) is 11.4 Å². The molecular formula is C22H29N3O5. The van der Waals surface area contributed by atoms with Crippen molar-refractivity contribution in [3.63, 3.8) is 0 Å². The molecular weight excluding hydrogens is 386 g/mol. The molecule has 0 aliphatic carbocycles. The van der Waals surface area contributed by atoms with Gasteiger partial charge in [-0.15, -0.1) is 0 Å². The smallest absolute Gasteiger partial charge is 0.251 e. The first-order chi connectivity index (χ1) is 14.3. The molecule has 8 nitrogen and oxygen atoms in total. The number of carbonyl (C=O) groups excluding carboxylic acids is 2. The monoisotopic (exact) mass is 415 g/mol. The molecule has 0 saturated heterocycles. The highest BCUT2D eigenvalue weighted by Gasteiger charge is 2.15. The van der Waals surface area contributed by atoms with Crippen molar-refractivity contribution in [3.8, 4) is 17.2 Å². The second kappa shape index (κ2) is 10.4. The van der Waals surface area contributed by atoms with Crippen LogP contribution in [-0.2, 0) is 4.79 Å². The van der Waals surface area contributed by atoms with Gasteiger partial charge in [-0.25, -0.2) is 0 Å². The first kappa shape index (κ1) is 22.9. The van der Waals surface area contributed by atoms with Gasteiger partial charge < -0.3 is 30.2 Å². The van der Waals surface area contributed by atoms with E-state index in [2.05, 4.69) is 16.0 Å². The number of ether oxygens (including phenoxy) is 3. The molecule has 0 saturated carbocycles. The zero-order chi connectivity index (χ0) is 22.3.